The minimum atomic E-state index is -4.10. The second kappa shape index (κ2) is 4.91. The molecule has 0 saturated heterocycles. The van der Waals surface area contributed by atoms with Gasteiger partial charge in [0.25, 0.3) is 0 Å². The summed E-state index contributed by atoms with van der Waals surface area (Å²) >= 11 is 0. The molecule has 2 aromatic rings. The van der Waals surface area contributed by atoms with Crippen LogP contribution in [0, 0.1) is 0 Å². The van der Waals surface area contributed by atoms with Crippen molar-refractivity contribution in [3.05, 3.63) is 30.6 Å². The van der Waals surface area contributed by atoms with Crippen LogP contribution in [0.2, 0.25) is 0 Å². The van der Waals surface area contributed by atoms with Gasteiger partial charge in [-0.3, -0.25) is 4.98 Å². The summed E-state index contributed by atoms with van der Waals surface area (Å²) in [6.07, 6.45) is -0.634. The highest BCUT2D eigenvalue weighted by Gasteiger charge is 2.40. The Morgan fingerprint density at radius 3 is 2.68 bits per heavy atom. The van der Waals surface area contributed by atoms with E-state index in [9.17, 15) is 17.6 Å². The van der Waals surface area contributed by atoms with E-state index < -0.39 is 18.9 Å². The molecule has 0 atom stereocenters. The lowest BCUT2D eigenvalue weighted by atomic mass is 10.1. The second-order valence-electron chi connectivity index (χ2n) is 4.04. The number of fused-ring (bicyclic) bond motifs is 1. The van der Waals surface area contributed by atoms with Crippen molar-refractivity contribution in [1.82, 2.24) is 4.98 Å². The monoisotopic (exact) mass is 273 g/mol. The normalized spacial score (nSPS) is 12.1. The van der Waals surface area contributed by atoms with Crippen molar-refractivity contribution in [3.63, 3.8) is 0 Å². The molecule has 1 heterocycles. The lowest BCUT2D eigenvalue weighted by molar-refractivity contribution is -0.117. The van der Waals surface area contributed by atoms with E-state index in [0.29, 0.717) is 5.39 Å². The Balaban J connectivity index is 2.25. The Kier molecular flexibility index (Phi) is 3.46. The van der Waals surface area contributed by atoms with Crippen LogP contribution >= 0.6 is 0 Å². The van der Waals surface area contributed by atoms with Gasteiger partial charge in [-0.15, -0.1) is 0 Å². The van der Waals surface area contributed by atoms with Crippen LogP contribution in [0.1, 0.15) is 0 Å². The van der Waals surface area contributed by atoms with Gasteiger partial charge in [0.1, 0.15) is 0 Å². The van der Waals surface area contributed by atoms with Crippen LogP contribution in [0.5, 0.6) is 0 Å². The molecular weight excluding hydrogens is 262 g/mol. The van der Waals surface area contributed by atoms with Gasteiger partial charge >= 0.3 is 12.3 Å². The van der Waals surface area contributed by atoms with Gasteiger partial charge in [-0.05, 0) is 12.1 Å². The molecule has 0 amide bonds. The van der Waals surface area contributed by atoms with Crippen molar-refractivity contribution >= 4 is 22.1 Å². The van der Waals surface area contributed by atoms with Crippen molar-refractivity contribution in [3.8, 4) is 0 Å². The smallest absolute Gasteiger partial charge is 0.324 e. The van der Waals surface area contributed by atoms with E-state index >= 15 is 0 Å². The Hall–Kier alpha value is -2.05. The van der Waals surface area contributed by atoms with E-state index in [1.165, 1.54) is 12.3 Å². The van der Waals surface area contributed by atoms with Crippen molar-refractivity contribution in [2.24, 2.45) is 0 Å². The number of pyridine rings is 1. The third kappa shape index (κ3) is 2.69. The molecule has 7 heteroatoms. The maximum atomic E-state index is 12.8. The standard InChI is InChI=1S/C12H11F4N3/c13-11(14)12(15,16)6-19-9-2-1-7-5-18-4-3-8(7)10(9)17/h1-5,11,19H,6,17H2. The van der Waals surface area contributed by atoms with Gasteiger partial charge in [0, 0.05) is 23.2 Å². The number of halogens is 4. The molecule has 3 nitrogen and oxygen atoms in total. The highest BCUT2D eigenvalue weighted by molar-refractivity contribution is 5.98. The molecule has 0 radical (unpaired) electrons. The number of benzene rings is 1. The SMILES string of the molecule is Nc1c(NCC(F)(F)C(F)F)ccc2cnccc12. The van der Waals surface area contributed by atoms with Crippen molar-refractivity contribution in [1.29, 1.82) is 0 Å². The molecule has 0 fully saturated rings. The second-order valence-corrected chi connectivity index (χ2v) is 4.04. The number of alkyl halides is 4. The maximum absolute atomic E-state index is 12.8. The molecule has 0 aliphatic heterocycles. The summed E-state index contributed by atoms with van der Waals surface area (Å²) in [5.41, 5.74) is 6.22. The minimum Gasteiger partial charge on any atom is -0.397 e. The summed E-state index contributed by atoms with van der Waals surface area (Å²) in [5, 5.41) is 3.62. The number of anilines is 2. The Labute approximate surface area is 106 Å². The van der Waals surface area contributed by atoms with Gasteiger partial charge in [0.15, 0.2) is 0 Å². The molecule has 3 N–H and O–H groups in total. The summed E-state index contributed by atoms with van der Waals surface area (Å²) in [7, 11) is 0. The van der Waals surface area contributed by atoms with E-state index in [1.807, 2.05) is 0 Å². The highest BCUT2D eigenvalue weighted by Crippen LogP contribution is 2.30. The van der Waals surface area contributed by atoms with Crippen molar-refractivity contribution in [2.45, 2.75) is 12.3 Å². The number of aromatic nitrogens is 1. The van der Waals surface area contributed by atoms with E-state index in [4.69, 9.17) is 5.73 Å². The third-order valence-corrected chi connectivity index (χ3v) is 2.70. The molecule has 102 valence electrons. The zero-order valence-electron chi connectivity index (χ0n) is 9.71. The Morgan fingerprint density at radius 1 is 1.26 bits per heavy atom. The first-order valence-electron chi connectivity index (χ1n) is 5.44. The van der Waals surface area contributed by atoms with Crippen molar-refractivity contribution in [2.75, 3.05) is 17.6 Å². The van der Waals surface area contributed by atoms with Crippen LogP contribution in [-0.4, -0.2) is 23.9 Å². The fraction of sp³-hybridized carbons (Fsp3) is 0.250. The van der Waals surface area contributed by atoms with Crippen LogP contribution in [0.4, 0.5) is 28.9 Å². The predicted octanol–water partition coefficient (Wildman–Crippen LogP) is 3.13. The first-order valence-corrected chi connectivity index (χ1v) is 5.44. The van der Waals surface area contributed by atoms with Crippen LogP contribution in [-0.2, 0) is 0 Å². The summed E-state index contributed by atoms with van der Waals surface area (Å²) < 4.78 is 49.7. The molecule has 1 aromatic heterocycles. The molecule has 0 spiro atoms. The molecule has 0 aliphatic rings. The average molecular weight is 273 g/mol. The number of nitrogens with two attached hydrogens (primary N) is 1. The lowest BCUT2D eigenvalue weighted by Gasteiger charge is -2.18. The van der Waals surface area contributed by atoms with Gasteiger partial charge in [-0.1, -0.05) is 6.07 Å². The van der Waals surface area contributed by atoms with Crippen LogP contribution < -0.4 is 11.1 Å². The fourth-order valence-corrected chi connectivity index (χ4v) is 1.64. The first-order chi connectivity index (χ1) is 8.92. The summed E-state index contributed by atoms with van der Waals surface area (Å²) in [5.74, 6) is -4.10. The van der Waals surface area contributed by atoms with E-state index in [2.05, 4.69) is 10.3 Å². The quantitative estimate of drug-likeness (QED) is 0.664. The summed E-state index contributed by atoms with van der Waals surface area (Å²) in [6, 6.07) is 4.71. The molecule has 0 aliphatic carbocycles. The fourth-order valence-electron chi connectivity index (χ4n) is 1.64. The Bertz CT molecular complexity index is 586. The number of nitrogen functional groups attached to an aromatic ring is 1. The number of nitrogens with zero attached hydrogens (tertiary/aromatic N) is 1. The highest BCUT2D eigenvalue weighted by atomic mass is 19.3. The van der Waals surface area contributed by atoms with Gasteiger partial charge in [0.2, 0.25) is 0 Å². The first kappa shape index (κ1) is 13.4. The topological polar surface area (TPSA) is 50.9 Å². The number of nitrogens with one attached hydrogen (secondary N) is 1. The maximum Gasteiger partial charge on any atom is 0.324 e. The molecule has 0 bridgehead atoms. The van der Waals surface area contributed by atoms with Gasteiger partial charge in [0.05, 0.1) is 17.9 Å². The Morgan fingerprint density at radius 2 is 2.00 bits per heavy atom. The summed E-state index contributed by atoms with van der Waals surface area (Å²) in [6.45, 7) is -1.18. The van der Waals surface area contributed by atoms with E-state index in [0.717, 1.165) is 5.39 Å². The molecule has 0 saturated carbocycles. The minimum absolute atomic E-state index is 0.194. The molecule has 19 heavy (non-hydrogen) atoms. The van der Waals surface area contributed by atoms with E-state index in [1.54, 1.807) is 18.3 Å². The average Bonchev–Trinajstić information content (AvgIpc) is 2.38. The van der Waals surface area contributed by atoms with Crippen LogP contribution in [0.3, 0.4) is 0 Å². The third-order valence-electron chi connectivity index (χ3n) is 2.70. The largest absolute Gasteiger partial charge is 0.397 e. The van der Waals surface area contributed by atoms with Crippen LogP contribution in [0.15, 0.2) is 30.6 Å². The van der Waals surface area contributed by atoms with E-state index in [-0.39, 0.29) is 11.4 Å². The number of hydrogen-bond acceptors (Lipinski definition) is 3. The van der Waals surface area contributed by atoms with Crippen LogP contribution in [0.25, 0.3) is 10.8 Å². The van der Waals surface area contributed by atoms with Gasteiger partial charge in [-0.2, -0.15) is 8.78 Å². The molecule has 2 rings (SSSR count). The molecule has 1 aromatic carbocycles. The predicted molar refractivity (Wildman–Crippen MR) is 65.6 cm³/mol. The number of hydrogen-bond donors (Lipinski definition) is 2. The molecular formula is C12H11F4N3. The molecule has 0 unspecified atom stereocenters. The zero-order valence-corrected chi connectivity index (χ0v) is 9.71. The number of rotatable bonds is 4. The van der Waals surface area contributed by atoms with Gasteiger partial charge in [-0.25, -0.2) is 8.78 Å². The lowest BCUT2D eigenvalue weighted by Crippen LogP contribution is -2.34. The summed E-state index contributed by atoms with van der Waals surface area (Å²) in [4.78, 5) is 3.90. The van der Waals surface area contributed by atoms with Gasteiger partial charge < -0.3 is 11.1 Å². The van der Waals surface area contributed by atoms with Crippen molar-refractivity contribution < 1.29 is 17.6 Å². The zero-order chi connectivity index (χ0) is 14.0.